The first-order chi connectivity index (χ1) is 9.10. The van der Waals surface area contributed by atoms with E-state index >= 15 is 0 Å². The average molecular weight is 342 g/mol. The number of nitrogens with one attached hydrogen (secondary N) is 1. The molecule has 19 heavy (non-hydrogen) atoms. The van der Waals surface area contributed by atoms with Gasteiger partial charge in [0.25, 0.3) is 0 Å². The van der Waals surface area contributed by atoms with Gasteiger partial charge in [-0.3, -0.25) is 10.8 Å². The Balaban J connectivity index is 2.28. The summed E-state index contributed by atoms with van der Waals surface area (Å²) in [7, 11) is 0. The lowest BCUT2D eigenvalue weighted by atomic mass is 10.0. The molecule has 2 aromatic heterocycles. The summed E-state index contributed by atoms with van der Waals surface area (Å²) >= 11 is 5.09. The van der Waals surface area contributed by atoms with Crippen LogP contribution in [-0.2, 0) is 0 Å². The smallest absolute Gasteiger partial charge is 0.138 e. The molecule has 1 atom stereocenters. The molecule has 0 aliphatic heterocycles. The van der Waals surface area contributed by atoms with Gasteiger partial charge >= 0.3 is 0 Å². The maximum Gasteiger partial charge on any atom is 0.138 e. The number of thiophene rings is 1. The van der Waals surface area contributed by atoms with Gasteiger partial charge in [-0.2, -0.15) is 0 Å². The summed E-state index contributed by atoms with van der Waals surface area (Å²) in [5.74, 6) is 6.42. The number of hydrogen-bond acceptors (Lipinski definition) is 5. The van der Waals surface area contributed by atoms with Crippen LogP contribution in [0, 0.1) is 0 Å². The maximum atomic E-state index is 5.67. The van der Waals surface area contributed by atoms with Gasteiger partial charge in [0, 0.05) is 6.20 Å². The van der Waals surface area contributed by atoms with Gasteiger partial charge in [-0.15, -0.1) is 11.3 Å². The Morgan fingerprint density at radius 1 is 1.32 bits per heavy atom. The van der Waals surface area contributed by atoms with Gasteiger partial charge in [0.1, 0.15) is 5.75 Å². The molecule has 0 spiro atoms. The fourth-order valence-corrected chi connectivity index (χ4v) is 2.99. The minimum Gasteiger partial charge on any atom is -0.489 e. The molecule has 0 bridgehead atoms. The van der Waals surface area contributed by atoms with E-state index in [9.17, 15) is 0 Å². The summed E-state index contributed by atoms with van der Waals surface area (Å²) in [6, 6.07) is 3.92. The van der Waals surface area contributed by atoms with Gasteiger partial charge in [0.2, 0.25) is 0 Å². The Hall–Kier alpha value is -0.950. The van der Waals surface area contributed by atoms with E-state index in [2.05, 4.69) is 31.7 Å². The highest BCUT2D eigenvalue weighted by atomic mass is 79.9. The second kappa shape index (κ2) is 6.47. The molecule has 0 saturated carbocycles. The zero-order chi connectivity index (χ0) is 13.8. The van der Waals surface area contributed by atoms with Gasteiger partial charge in [-0.1, -0.05) is 0 Å². The van der Waals surface area contributed by atoms with Crippen LogP contribution in [0.1, 0.15) is 31.0 Å². The summed E-state index contributed by atoms with van der Waals surface area (Å²) in [5.41, 5.74) is 4.90. The van der Waals surface area contributed by atoms with E-state index in [1.807, 2.05) is 26.0 Å². The van der Waals surface area contributed by atoms with Crippen LogP contribution in [0.25, 0.3) is 0 Å². The molecule has 0 amide bonds. The molecular formula is C13H16BrN3OS. The molecule has 0 aromatic carbocycles. The monoisotopic (exact) mass is 341 g/mol. The summed E-state index contributed by atoms with van der Waals surface area (Å²) in [6.45, 7) is 3.97. The Morgan fingerprint density at radius 2 is 2.11 bits per heavy atom. The van der Waals surface area contributed by atoms with Crippen molar-refractivity contribution in [2.24, 2.45) is 5.84 Å². The van der Waals surface area contributed by atoms with Crippen LogP contribution in [0.2, 0.25) is 0 Å². The zero-order valence-corrected chi connectivity index (χ0v) is 13.2. The molecule has 2 aromatic rings. The van der Waals surface area contributed by atoms with Crippen LogP contribution < -0.4 is 16.0 Å². The number of pyridine rings is 1. The quantitative estimate of drug-likeness (QED) is 0.647. The lowest BCUT2D eigenvalue weighted by Gasteiger charge is -2.16. The molecule has 1 unspecified atom stereocenters. The normalized spacial score (nSPS) is 12.7. The number of hydrazine groups is 1. The predicted octanol–water partition coefficient (Wildman–Crippen LogP) is 3.25. The number of nitrogens with zero attached hydrogens (tertiary/aromatic N) is 1. The predicted molar refractivity (Wildman–Crippen MR) is 81.2 cm³/mol. The van der Waals surface area contributed by atoms with E-state index in [-0.39, 0.29) is 12.1 Å². The van der Waals surface area contributed by atoms with Crippen LogP contribution in [0.4, 0.5) is 0 Å². The highest BCUT2D eigenvalue weighted by Crippen LogP contribution is 2.29. The second-order valence-corrected chi connectivity index (χ2v) is 6.69. The van der Waals surface area contributed by atoms with Crippen molar-refractivity contribution in [2.45, 2.75) is 26.0 Å². The number of ether oxygens (including phenoxy) is 1. The molecule has 0 fully saturated rings. The van der Waals surface area contributed by atoms with Crippen molar-refractivity contribution < 1.29 is 4.74 Å². The Bertz CT molecular complexity index is 544. The SMILES string of the molecule is CC(C)Oc1cncc(C(NN)c2csc(Br)c2)c1. The van der Waals surface area contributed by atoms with E-state index in [1.54, 1.807) is 23.7 Å². The number of aromatic nitrogens is 1. The van der Waals surface area contributed by atoms with Crippen LogP contribution in [0.3, 0.4) is 0 Å². The molecule has 0 radical (unpaired) electrons. The van der Waals surface area contributed by atoms with Crippen LogP contribution in [-0.4, -0.2) is 11.1 Å². The standard InChI is InChI=1S/C13H16BrN3OS/c1-8(2)18-11-3-9(5-16-6-11)13(17-15)10-4-12(14)19-7-10/h3-8,13,17H,15H2,1-2H3. The van der Waals surface area contributed by atoms with Crippen molar-refractivity contribution in [1.29, 1.82) is 0 Å². The van der Waals surface area contributed by atoms with E-state index in [1.165, 1.54) is 0 Å². The number of nitrogens with two attached hydrogens (primary N) is 1. The fourth-order valence-electron chi connectivity index (χ4n) is 1.79. The molecular weight excluding hydrogens is 326 g/mol. The number of rotatable bonds is 5. The third kappa shape index (κ3) is 3.76. The van der Waals surface area contributed by atoms with Crippen LogP contribution in [0.15, 0.2) is 33.7 Å². The molecule has 0 aliphatic carbocycles. The lowest BCUT2D eigenvalue weighted by molar-refractivity contribution is 0.241. The highest BCUT2D eigenvalue weighted by molar-refractivity contribution is 9.11. The maximum absolute atomic E-state index is 5.67. The van der Waals surface area contributed by atoms with Crippen molar-refractivity contribution in [1.82, 2.24) is 10.4 Å². The van der Waals surface area contributed by atoms with Gasteiger partial charge in [0.05, 0.1) is 22.1 Å². The molecule has 2 heterocycles. The van der Waals surface area contributed by atoms with E-state index in [4.69, 9.17) is 10.6 Å². The van der Waals surface area contributed by atoms with E-state index in [0.29, 0.717) is 0 Å². The second-order valence-electron chi connectivity index (χ2n) is 4.40. The minimum absolute atomic E-state index is 0.0919. The summed E-state index contributed by atoms with van der Waals surface area (Å²) in [5, 5.41) is 2.06. The van der Waals surface area contributed by atoms with Gasteiger partial charge in [0.15, 0.2) is 0 Å². The average Bonchev–Trinajstić information content (AvgIpc) is 2.76. The van der Waals surface area contributed by atoms with Gasteiger partial charge in [-0.25, -0.2) is 5.43 Å². The number of halogens is 1. The van der Waals surface area contributed by atoms with Crippen LogP contribution in [0.5, 0.6) is 5.75 Å². The Labute approximate surface area is 125 Å². The summed E-state index contributed by atoms with van der Waals surface area (Å²) < 4.78 is 6.73. The van der Waals surface area contributed by atoms with Gasteiger partial charge in [-0.05, 0) is 58.4 Å². The first-order valence-electron chi connectivity index (χ1n) is 5.92. The van der Waals surface area contributed by atoms with E-state index < -0.39 is 0 Å². The minimum atomic E-state index is -0.0919. The van der Waals surface area contributed by atoms with E-state index in [0.717, 1.165) is 20.7 Å². The molecule has 0 aliphatic rings. The third-order valence-electron chi connectivity index (χ3n) is 2.53. The molecule has 102 valence electrons. The molecule has 3 N–H and O–H groups in total. The zero-order valence-electron chi connectivity index (χ0n) is 10.8. The van der Waals surface area contributed by atoms with Crippen molar-refractivity contribution in [3.05, 3.63) is 44.8 Å². The van der Waals surface area contributed by atoms with Crippen LogP contribution >= 0.6 is 27.3 Å². The van der Waals surface area contributed by atoms with Gasteiger partial charge < -0.3 is 4.74 Å². The van der Waals surface area contributed by atoms with Crippen molar-refractivity contribution in [3.63, 3.8) is 0 Å². The van der Waals surface area contributed by atoms with Crippen molar-refractivity contribution in [3.8, 4) is 5.75 Å². The summed E-state index contributed by atoms with van der Waals surface area (Å²) in [6.07, 6.45) is 3.63. The first kappa shape index (κ1) is 14.5. The molecule has 4 nitrogen and oxygen atoms in total. The highest BCUT2D eigenvalue weighted by Gasteiger charge is 2.15. The molecule has 0 saturated heterocycles. The number of hydrogen-bond donors (Lipinski definition) is 2. The summed E-state index contributed by atoms with van der Waals surface area (Å²) in [4.78, 5) is 4.21. The topological polar surface area (TPSA) is 60.2 Å². The lowest BCUT2D eigenvalue weighted by Crippen LogP contribution is -2.28. The molecule has 6 heteroatoms. The Kier molecular flexibility index (Phi) is 4.93. The third-order valence-corrected chi connectivity index (χ3v) is 4.05. The van der Waals surface area contributed by atoms with Crippen molar-refractivity contribution in [2.75, 3.05) is 0 Å². The first-order valence-corrected chi connectivity index (χ1v) is 7.59. The largest absolute Gasteiger partial charge is 0.489 e. The fraction of sp³-hybridized carbons (Fsp3) is 0.308. The molecule has 2 rings (SSSR count). The van der Waals surface area contributed by atoms with Crippen molar-refractivity contribution >= 4 is 27.3 Å². The Morgan fingerprint density at radius 3 is 2.68 bits per heavy atom.